The largest absolute Gasteiger partial charge is 0.429 e. The minimum Gasteiger partial charge on any atom is -0.429 e. The number of fused-ring (bicyclic) bond motifs is 3. The number of ether oxygens (including phenoxy) is 1. The molecule has 0 fully saturated rings. The van der Waals surface area contributed by atoms with Crippen molar-refractivity contribution in [3.8, 4) is 34.1 Å². The average molecular weight is 348 g/mol. The summed E-state index contributed by atoms with van der Waals surface area (Å²) in [5.41, 5.74) is 6.32. The number of allylic oxidation sites excluding steroid dienone is 1. The second-order valence-electron chi connectivity index (χ2n) is 6.00. The van der Waals surface area contributed by atoms with Gasteiger partial charge in [0.05, 0.1) is 12.6 Å². The third-order valence-electron chi connectivity index (χ3n) is 4.58. The molecule has 4 nitrogen and oxygen atoms in total. The molecule has 126 valence electrons. The van der Waals surface area contributed by atoms with E-state index in [0.29, 0.717) is 17.8 Å². The van der Waals surface area contributed by atoms with E-state index >= 15 is 0 Å². The maximum Gasteiger partial charge on any atom is 0.298 e. The molecular weight excluding hydrogens is 336 g/mol. The highest BCUT2D eigenvalue weighted by molar-refractivity contribution is 6.04. The minimum atomic E-state index is 0.0800. The Bertz CT molecular complexity index is 1180. The lowest BCUT2D eigenvalue weighted by Gasteiger charge is -2.08. The smallest absolute Gasteiger partial charge is 0.298 e. The van der Waals surface area contributed by atoms with Crippen LogP contribution in [0.3, 0.4) is 0 Å². The molecular formula is C23H12N2O2. The van der Waals surface area contributed by atoms with Crippen molar-refractivity contribution in [1.82, 2.24) is 0 Å². The summed E-state index contributed by atoms with van der Waals surface area (Å²) < 4.78 is 4.93. The standard InChI is InChI=1S/C23H12N2O2/c1-25-22(13-24)23-20-8-3-2-7-18(20)19-10-9-16(12-21(19)23)15-5-4-6-17(11-15)27-14-26/h2-12,14H/b23-22-. The summed E-state index contributed by atoms with van der Waals surface area (Å²) in [5.74, 6) is 0.459. The quantitative estimate of drug-likeness (QED) is 0.295. The van der Waals surface area contributed by atoms with E-state index in [4.69, 9.17) is 11.3 Å². The first kappa shape index (κ1) is 16.3. The van der Waals surface area contributed by atoms with Crippen molar-refractivity contribution in [3.05, 3.63) is 95.0 Å². The topological polar surface area (TPSA) is 54.4 Å². The highest BCUT2D eigenvalue weighted by Gasteiger charge is 2.26. The summed E-state index contributed by atoms with van der Waals surface area (Å²) in [6.07, 6.45) is 0. The molecule has 0 amide bonds. The van der Waals surface area contributed by atoms with Gasteiger partial charge in [0.2, 0.25) is 0 Å². The lowest BCUT2D eigenvalue weighted by atomic mass is 9.97. The van der Waals surface area contributed by atoms with Crippen molar-refractivity contribution in [2.75, 3.05) is 0 Å². The predicted molar refractivity (Wildman–Crippen MR) is 102 cm³/mol. The van der Waals surface area contributed by atoms with E-state index in [0.717, 1.165) is 33.4 Å². The Balaban J connectivity index is 1.94. The molecule has 4 rings (SSSR count). The van der Waals surface area contributed by atoms with E-state index in [1.54, 1.807) is 12.1 Å². The van der Waals surface area contributed by atoms with E-state index in [1.807, 2.05) is 60.7 Å². The summed E-state index contributed by atoms with van der Waals surface area (Å²) in [6, 6.07) is 23.0. The van der Waals surface area contributed by atoms with Crippen LogP contribution in [0.1, 0.15) is 11.1 Å². The van der Waals surface area contributed by atoms with E-state index < -0.39 is 0 Å². The van der Waals surface area contributed by atoms with E-state index in [1.165, 1.54) is 0 Å². The van der Waals surface area contributed by atoms with Crippen LogP contribution in [0, 0.1) is 17.9 Å². The Morgan fingerprint density at radius 3 is 2.41 bits per heavy atom. The van der Waals surface area contributed by atoms with Crippen molar-refractivity contribution in [3.63, 3.8) is 0 Å². The first-order valence-electron chi connectivity index (χ1n) is 8.23. The monoisotopic (exact) mass is 348 g/mol. The second-order valence-corrected chi connectivity index (χ2v) is 6.00. The summed E-state index contributed by atoms with van der Waals surface area (Å²) in [6.45, 7) is 7.79. The molecule has 0 N–H and O–H groups in total. The van der Waals surface area contributed by atoms with E-state index in [-0.39, 0.29) is 5.70 Å². The molecule has 0 spiro atoms. The maximum absolute atomic E-state index is 10.6. The molecule has 0 aliphatic heterocycles. The third-order valence-corrected chi connectivity index (χ3v) is 4.58. The molecule has 3 aromatic rings. The fraction of sp³-hybridized carbons (Fsp3) is 0. The van der Waals surface area contributed by atoms with Gasteiger partial charge in [-0.25, -0.2) is 10.1 Å². The summed E-state index contributed by atoms with van der Waals surface area (Å²) in [7, 11) is 0. The molecule has 1 aliphatic carbocycles. The van der Waals surface area contributed by atoms with Gasteiger partial charge in [-0.05, 0) is 51.6 Å². The number of nitrogens with zero attached hydrogens (tertiary/aromatic N) is 2. The molecule has 0 unspecified atom stereocenters. The molecule has 0 aromatic heterocycles. The van der Waals surface area contributed by atoms with Gasteiger partial charge in [0.25, 0.3) is 12.2 Å². The zero-order valence-corrected chi connectivity index (χ0v) is 14.1. The molecule has 0 radical (unpaired) electrons. The summed E-state index contributed by atoms with van der Waals surface area (Å²) in [5, 5.41) is 9.45. The summed E-state index contributed by atoms with van der Waals surface area (Å²) in [4.78, 5) is 14.0. The van der Waals surface area contributed by atoms with Gasteiger partial charge in [0, 0.05) is 5.57 Å². The summed E-state index contributed by atoms with van der Waals surface area (Å²) >= 11 is 0. The van der Waals surface area contributed by atoms with Gasteiger partial charge in [-0.1, -0.05) is 48.5 Å². The van der Waals surface area contributed by atoms with Crippen LogP contribution < -0.4 is 4.74 Å². The molecule has 4 heteroatoms. The first-order chi connectivity index (χ1) is 13.3. The molecule has 0 atom stereocenters. The van der Waals surface area contributed by atoms with Gasteiger partial charge in [0.1, 0.15) is 5.75 Å². The number of nitriles is 1. The van der Waals surface area contributed by atoms with Crippen LogP contribution in [0.4, 0.5) is 0 Å². The Hall–Kier alpha value is -4.15. The Labute approximate surface area is 156 Å². The molecule has 0 heterocycles. The molecule has 0 bridgehead atoms. The van der Waals surface area contributed by atoms with Crippen molar-refractivity contribution in [1.29, 1.82) is 5.26 Å². The molecule has 27 heavy (non-hydrogen) atoms. The van der Waals surface area contributed by atoms with E-state index in [9.17, 15) is 10.1 Å². The Morgan fingerprint density at radius 1 is 0.926 bits per heavy atom. The normalized spacial score (nSPS) is 13.0. The Morgan fingerprint density at radius 2 is 1.67 bits per heavy atom. The lowest BCUT2D eigenvalue weighted by molar-refractivity contribution is -0.120. The molecule has 1 aliphatic rings. The van der Waals surface area contributed by atoms with Crippen molar-refractivity contribution in [2.24, 2.45) is 0 Å². The molecule has 3 aromatic carbocycles. The van der Waals surface area contributed by atoms with Gasteiger partial charge in [-0.3, -0.25) is 4.79 Å². The zero-order valence-electron chi connectivity index (χ0n) is 14.1. The number of carbonyl (C=O) groups is 1. The number of benzene rings is 3. The highest BCUT2D eigenvalue weighted by atomic mass is 16.5. The third kappa shape index (κ3) is 2.66. The van der Waals surface area contributed by atoms with E-state index in [2.05, 4.69) is 4.85 Å². The fourth-order valence-corrected chi connectivity index (χ4v) is 3.44. The van der Waals surface area contributed by atoms with Crippen LogP contribution in [0.25, 0.3) is 32.7 Å². The lowest BCUT2D eigenvalue weighted by Crippen LogP contribution is -1.90. The van der Waals surface area contributed by atoms with Crippen LogP contribution in [-0.4, -0.2) is 6.47 Å². The van der Waals surface area contributed by atoms with Crippen LogP contribution in [0.15, 0.2) is 72.4 Å². The van der Waals surface area contributed by atoms with Gasteiger partial charge < -0.3 is 4.74 Å². The fourth-order valence-electron chi connectivity index (χ4n) is 3.44. The zero-order chi connectivity index (χ0) is 18.8. The van der Waals surface area contributed by atoms with Crippen molar-refractivity contribution < 1.29 is 9.53 Å². The highest BCUT2D eigenvalue weighted by Crippen LogP contribution is 2.47. The van der Waals surface area contributed by atoms with Gasteiger partial charge >= 0.3 is 0 Å². The maximum atomic E-state index is 10.6. The SMILES string of the molecule is [C-]#[N+]/C(C#N)=C1/c2ccccc2-c2ccc(-c3cccc(OC=O)c3)cc21. The number of hydrogen-bond acceptors (Lipinski definition) is 3. The van der Waals surface area contributed by atoms with Crippen molar-refractivity contribution in [2.45, 2.75) is 0 Å². The van der Waals surface area contributed by atoms with Crippen LogP contribution in [-0.2, 0) is 4.79 Å². The van der Waals surface area contributed by atoms with Gasteiger partial charge in [0.15, 0.2) is 0 Å². The minimum absolute atomic E-state index is 0.0800. The molecule has 0 saturated carbocycles. The number of hydrogen-bond donors (Lipinski definition) is 0. The van der Waals surface area contributed by atoms with Gasteiger partial charge in [-0.2, -0.15) is 0 Å². The average Bonchev–Trinajstić information content (AvgIpc) is 3.04. The van der Waals surface area contributed by atoms with Crippen LogP contribution in [0.2, 0.25) is 0 Å². The predicted octanol–water partition coefficient (Wildman–Crippen LogP) is 5.07. The van der Waals surface area contributed by atoms with Crippen LogP contribution in [0.5, 0.6) is 5.75 Å². The first-order valence-corrected chi connectivity index (χ1v) is 8.23. The van der Waals surface area contributed by atoms with Gasteiger partial charge in [-0.15, -0.1) is 0 Å². The Kier molecular flexibility index (Phi) is 4.01. The van der Waals surface area contributed by atoms with Crippen molar-refractivity contribution >= 4 is 12.0 Å². The number of rotatable bonds is 3. The van der Waals surface area contributed by atoms with Crippen LogP contribution >= 0.6 is 0 Å². The molecule has 0 saturated heterocycles. The number of carbonyl (C=O) groups excluding carboxylic acids is 1. The second kappa shape index (κ2) is 6.63.